The standard InChI is InChI=1S/C18H19ClF3N5OS/c19-17-25-15-1-2-27(29-13-8-28-9-13)7-14(15)16(26-17)24-6-10-3-11(18(20,21)22)5-12(23)4-10/h3-5,13H,1-2,6-9,23H2,(H,24,25,26). The van der Waals surface area contributed by atoms with Crippen molar-refractivity contribution in [3.63, 3.8) is 0 Å². The highest BCUT2D eigenvalue weighted by atomic mass is 35.5. The van der Waals surface area contributed by atoms with Gasteiger partial charge in [-0.2, -0.15) is 13.2 Å². The minimum Gasteiger partial charge on any atom is -0.399 e. The molecule has 6 nitrogen and oxygen atoms in total. The van der Waals surface area contributed by atoms with Gasteiger partial charge in [0.1, 0.15) is 5.82 Å². The van der Waals surface area contributed by atoms with Crippen molar-refractivity contribution >= 4 is 35.1 Å². The molecule has 0 unspecified atom stereocenters. The summed E-state index contributed by atoms with van der Waals surface area (Å²) in [6.07, 6.45) is -3.73. The summed E-state index contributed by atoms with van der Waals surface area (Å²) in [7, 11) is 0. The summed E-state index contributed by atoms with van der Waals surface area (Å²) in [6.45, 7) is 3.09. The van der Waals surface area contributed by atoms with E-state index in [0.717, 1.165) is 49.6 Å². The summed E-state index contributed by atoms with van der Waals surface area (Å²) >= 11 is 7.82. The van der Waals surface area contributed by atoms with E-state index in [2.05, 4.69) is 19.6 Å². The second-order valence-corrected chi connectivity index (χ2v) is 8.69. The number of fused-ring (bicyclic) bond motifs is 1. The Hall–Kier alpha value is -1.75. The molecule has 0 bridgehead atoms. The molecular weight excluding hydrogens is 427 g/mol. The molecule has 3 heterocycles. The summed E-state index contributed by atoms with van der Waals surface area (Å²) in [6, 6.07) is 3.51. The molecule has 0 saturated carbocycles. The van der Waals surface area contributed by atoms with Crippen molar-refractivity contribution in [2.75, 3.05) is 30.8 Å². The summed E-state index contributed by atoms with van der Waals surface area (Å²) in [4.78, 5) is 8.59. The molecule has 2 aromatic rings. The van der Waals surface area contributed by atoms with Crippen molar-refractivity contribution in [3.8, 4) is 0 Å². The predicted octanol–water partition coefficient (Wildman–Crippen LogP) is 3.75. The maximum Gasteiger partial charge on any atom is 0.416 e. The second kappa shape index (κ2) is 8.17. The van der Waals surface area contributed by atoms with E-state index < -0.39 is 11.7 Å². The van der Waals surface area contributed by atoms with E-state index in [1.807, 2.05) is 0 Å². The predicted molar refractivity (Wildman–Crippen MR) is 107 cm³/mol. The molecule has 156 valence electrons. The molecule has 0 radical (unpaired) electrons. The molecule has 1 fully saturated rings. The van der Waals surface area contributed by atoms with E-state index in [-0.39, 0.29) is 17.5 Å². The molecule has 1 aromatic carbocycles. The molecule has 4 rings (SSSR count). The average molecular weight is 446 g/mol. The molecule has 0 spiro atoms. The summed E-state index contributed by atoms with van der Waals surface area (Å²) in [5.41, 5.74) is 7.11. The Kier molecular flexibility index (Phi) is 5.78. The Morgan fingerprint density at radius 2 is 2.07 bits per heavy atom. The van der Waals surface area contributed by atoms with Crippen LogP contribution in [0.1, 0.15) is 22.4 Å². The van der Waals surface area contributed by atoms with Gasteiger partial charge in [-0.3, -0.25) is 0 Å². The third-order valence-electron chi connectivity index (χ3n) is 4.71. The van der Waals surface area contributed by atoms with Gasteiger partial charge in [-0.25, -0.2) is 14.3 Å². The van der Waals surface area contributed by atoms with Gasteiger partial charge in [0.25, 0.3) is 0 Å². The SMILES string of the molecule is Nc1cc(CNc2nc(Cl)nc3c2CN(SC2COC2)CC3)cc(C(F)(F)F)c1. The monoisotopic (exact) mass is 445 g/mol. The third kappa shape index (κ3) is 4.88. The summed E-state index contributed by atoms with van der Waals surface area (Å²) in [5.74, 6) is 0.533. The van der Waals surface area contributed by atoms with Gasteiger partial charge in [0.2, 0.25) is 5.28 Å². The van der Waals surface area contributed by atoms with Crippen LogP contribution in [0.3, 0.4) is 0 Å². The Morgan fingerprint density at radius 1 is 1.28 bits per heavy atom. The van der Waals surface area contributed by atoms with Crippen LogP contribution in [0, 0.1) is 0 Å². The van der Waals surface area contributed by atoms with E-state index in [1.165, 1.54) is 6.07 Å². The van der Waals surface area contributed by atoms with E-state index >= 15 is 0 Å². The van der Waals surface area contributed by atoms with Crippen LogP contribution in [-0.4, -0.2) is 39.3 Å². The normalized spacial score (nSPS) is 17.7. The minimum atomic E-state index is -4.45. The third-order valence-corrected chi connectivity index (χ3v) is 6.06. The van der Waals surface area contributed by atoms with E-state index in [4.69, 9.17) is 22.1 Å². The molecule has 11 heteroatoms. The molecule has 0 atom stereocenters. The van der Waals surface area contributed by atoms with Gasteiger partial charge in [0, 0.05) is 37.3 Å². The topological polar surface area (TPSA) is 76.3 Å². The van der Waals surface area contributed by atoms with Crippen LogP contribution in [0.4, 0.5) is 24.7 Å². The molecule has 29 heavy (non-hydrogen) atoms. The lowest BCUT2D eigenvalue weighted by Crippen LogP contribution is -2.36. The summed E-state index contributed by atoms with van der Waals surface area (Å²) in [5, 5.41) is 3.69. The number of halogens is 4. The highest BCUT2D eigenvalue weighted by molar-refractivity contribution is 7.97. The molecular formula is C18H19ClF3N5OS. The lowest BCUT2D eigenvalue weighted by atomic mass is 10.1. The highest BCUT2D eigenvalue weighted by Gasteiger charge is 2.31. The van der Waals surface area contributed by atoms with Crippen molar-refractivity contribution in [1.29, 1.82) is 0 Å². The first-order chi connectivity index (χ1) is 13.8. The number of alkyl halides is 3. The van der Waals surface area contributed by atoms with Gasteiger partial charge in [-0.1, -0.05) is 11.9 Å². The van der Waals surface area contributed by atoms with Crippen molar-refractivity contribution in [2.24, 2.45) is 0 Å². The smallest absolute Gasteiger partial charge is 0.399 e. The number of aromatic nitrogens is 2. The maximum absolute atomic E-state index is 13.0. The van der Waals surface area contributed by atoms with Crippen LogP contribution in [0.15, 0.2) is 18.2 Å². The Labute approximate surface area is 175 Å². The van der Waals surface area contributed by atoms with Crippen LogP contribution < -0.4 is 11.1 Å². The van der Waals surface area contributed by atoms with Gasteiger partial charge >= 0.3 is 6.18 Å². The number of ether oxygens (including phenoxy) is 1. The van der Waals surface area contributed by atoms with Crippen LogP contribution in [0.2, 0.25) is 5.28 Å². The molecule has 0 aliphatic carbocycles. The van der Waals surface area contributed by atoms with E-state index in [1.54, 1.807) is 11.9 Å². The highest BCUT2D eigenvalue weighted by Crippen LogP contribution is 2.33. The number of hydrogen-bond acceptors (Lipinski definition) is 7. The molecule has 3 N–H and O–H groups in total. The fourth-order valence-corrected chi connectivity index (χ4v) is 4.57. The molecule has 1 aromatic heterocycles. The first-order valence-corrected chi connectivity index (χ1v) is 10.2. The van der Waals surface area contributed by atoms with Gasteiger partial charge in [0.15, 0.2) is 0 Å². The van der Waals surface area contributed by atoms with Crippen LogP contribution in [0.25, 0.3) is 0 Å². The number of hydrogen-bond donors (Lipinski definition) is 2. The fourth-order valence-electron chi connectivity index (χ4n) is 3.25. The number of nitrogens with two attached hydrogens (primary N) is 1. The average Bonchev–Trinajstić information content (AvgIpc) is 2.61. The summed E-state index contributed by atoms with van der Waals surface area (Å²) < 4.78 is 46.6. The fraction of sp³-hybridized carbons (Fsp3) is 0.444. The quantitative estimate of drug-likeness (QED) is 0.412. The number of nitrogens with one attached hydrogen (secondary N) is 1. The Morgan fingerprint density at radius 3 is 2.76 bits per heavy atom. The number of nitrogens with zero attached hydrogens (tertiary/aromatic N) is 3. The number of anilines is 2. The first kappa shape index (κ1) is 20.5. The number of benzene rings is 1. The van der Waals surface area contributed by atoms with E-state index in [0.29, 0.717) is 23.2 Å². The van der Waals surface area contributed by atoms with Crippen LogP contribution >= 0.6 is 23.5 Å². The molecule has 2 aliphatic heterocycles. The van der Waals surface area contributed by atoms with Crippen molar-refractivity contribution < 1.29 is 17.9 Å². The second-order valence-electron chi connectivity index (χ2n) is 6.96. The Balaban J connectivity index is 1.52. The zero-order chi connectivity index (χ0) is 20.6. The van der Waals surface area contributed by atoms with Crippen LogP contribution in [-0.2, 0) is 30.4 Å². The van der Waals surface area contributed by atoms with Gasteiger partial charge in [-0.15, -0.1) is 0 Å². The number of nitrogen functional groups attached to an aromatic ring is 1. The zero-order valence-electron chi connectivity index (χ0n) is 15.3. The van der Waals surface area contributed by atoms with Gasteiger partial charge < -0.3 is 15.8 Å². The van der Waals surface area contributed by atoms with Crippen LogP contribution in [0.5, 0.6) is 0 Å². The minimum absolute atomic E-state index is 0.0599. The zero-order valence-corrected chi connectivity index (χ0v) is 16.9. The lowest BCUT2D eigenvalue weighted by molar-refractivity contribution is -0.137. The van der Waals surface area contributed by atoms with E-state index in [9.17, 15) is 13.2 Å². The van der Waals surface area contributed by atoms with Crippen molar-refractivity contribution in [3.05, 3.63) is 45.9 Å². The molecule has 2 aliphatic rings. The van der Waals surface area contributed by atoms with Crippen molar-refractivity contribution in [1.82, 2.24) is 14.3 Å². The molecule has 1 saturated heterocycles. The molecule has 0 amide bonds. The number of rotatable bonds is 5. The lowest BCUT2D eigenvalue weighted by Gasteiger charge is -2.34. The largest absolute Gasteiger partial charge is 0.416 e. The van der Waals surface area contributed by atoms with Crippen molar-refractivity contribution in [2.45, 2.75) is 30.9 Å². The Bertz CT molecular complexity index is 910. The van der Waals surface area contributed by atoms with Gasteiger partial charge in [0.05, 0.1) is 29.7 Å². The first-order valence-electron chi connectivity index (χ1n) is 9.03. The maximum atomic E-state index is 13.0. The van der Waals surface area contributed by atoms with Gasteiger partial charge in [-0.05, 0) is 35.4 Å².